The van der Waals surface area contributed by atoms with Crippen LogP contribution in [0.5, 0.6) is 0 Å². The van der Waals surface area contributed by atoms with Gasteiger partial charge >= 0.3 is 0 Å². The van der Waals surface area contributed by atoms with E-state index in [9.17, 15) is 0 Å². The SMILES string of the molecule is c1ccc2c(c1)oc1ccc3cc(-c4ccc(N(c5ccc6c(c5)sc5ccccc56)c5ccc6sc7ccccc7c6c5)cc4)ccc3c12. The second-order valence-electron chi connectivity index (χ2n) is 12.9. The van der Waals surface area contributed by atoms with Crippen LogP contribution in [0.4, 0.5) is 17.1 Å². The lowest BCUT2D eigenvalue weighted by atomic mass is 9.98. The molecule has 0 saturated carbocycles. The van der Waals surface area contributed by atoms with E-state index in [1.54, 1.807) is 0 Å². The minimum atomic E-state index is 0.928. The van der Waals surface area contributed by atoms with Crippen LogP contribution in [0, 0.1) is 0 Å². The number of benzene rings is 8. The van der Waals surface area contributed by atoms with Crippen LogP contribution < -0.4 is 4.90 Å². The van der Waals surface area contributed by atoms with Crippen molar-refractivity contribution in [2.75, 3.05) is 4.90 Å². The predicted molar refractivity (Wildman–Crippen MR) is 217 cm³/mol. The van der Waals surface area contributed by atoms with E-state index in [4.69, 9.17) is 4.42 Å². The number of hydrogen-bond acceptors (Lipinski definition) is 4. The van der Waals surface area contributed by atoms with Crippen LogP contribution >= 0.6 is 22.7 Å². The molecule has 0 atom stereocenters. The van der Waals surface area contributed by atoms with Gasteiger partial charge in [-0.05, 0) is 94.7 Å². The van der Waals surface area contributed by atoms with Crippen LogP contribution in [0.25, 0.3) is 84.2 Å². The summed E-state index contributed by atoms with van der Waals surface area (Å²) in [5.41, 5.74) is 7.66. The Labute approximate surface area is 295 Å². The van der Waals surface area contributed by atoms with E-state index in [0.29, 0.717) is 0 Å². The van der Waals surface area contributed by atoms with Crippen molar-refractivity contribution in [1.29, 1.82) is 0 Å². The first kappa shape index (κ1) is 28.0. The third-order valence-electron chi connectivity index (χ3n) is 10.1. The second-order valence-corrected chi connectivity index (χ2v) is 15.1. The number of anilines is 3. The van der Waals surface area contributed by atoms with E-state index >= 15 is 0 Å². The summed E-state index contributed by atoms with van der Waals surface area (Å²) in [6.45, 7) is 0. The summed E-state index contributed by atoms with van der Waals surface area (Å²) in [5.74, 6) is 0. The molecule has 11 aromatic rings. The average molecular weight is 674 g/mol. The minimum absolute atomic E-state index is 0.928. The van der Waals surface area contributed by atoms with Gasteiger partial charge < -0.3 is 9.32 Å². The molecule has 4 heteroatoms. The normalized spacial score (nSPS) is 12.0. The summed E-state index contributed by atoms with van der Waals surface area (Å²) < 4.78 is 11.4. The quantitative estimate of drug-likeness (QED) is 0.185. The minimum Gasteiger partial charge on any atom is -0.456 e. The molecule has 0 aliphatic heterocycles. The van der Waals surface area contributed by atoms with E-state index < -0.39 is 0 Å². The summed E-state index contributed by atoms with van der Waals surface area (Å²) in [4.78, 5) is 2.40. The van der Waals surface area contributed by atoms with Crippen molar-refractivity contribution in [3.8, 4) is 11.1 Å². The van der Waals surface area contributed by atoms with Crippen molar-refractivity contribution in [3.05, 3.63) is 164 Å². The lowest BCUT2D eigenvalue weighted by molar-refractivity contribution is 0.669. The van der Waals surface area contributed by atoms with Gasteiger partial charge in [-0.15, -0.1) is 22.7 Å². The summed E-state index contributed by atoms with van der Waals surface area (Å²) in [7, 11) is 0. The molecule has 0 spiro atoms. The molecule has 0 unspecified atom stereocenters. The average Bonchev–Trinajstić information content (AvgIpc) is 3.86. The van der Waals surface area contributed by atoms with E-state index in [0.717, 1.165) is 33.6 Å². The summed E-state index contributed by atoms with van der Waals surface area (Å²) in [5, 5.41) is 9.99. The fourth-order valence-electron chi connectivity index (χ4n) is 7.69. The monoisotopic (exact) mass is 673 g/mol. The summed E-state index contributed by atoms with van der Waals surface area (Å²) in [6, 6.07) is 59.7. The Morgan fingerprint density at radius 2 is 0.960 bits per heavy atom. The first-order valence-corrected chi connectivity index (χ1v) is 18.5. The van der Waals surface area contributed by atoms with Crippen LogP contribution in [-0.4, -0.2) is 0 Å². The summed E-state index contributed by atoms with van der Waals surface area (Å²) in [6.07, 6.45) is 0. The Morgan fingerprint density at radius 3 is 1.80 bits per heavy atom. The van der Waals surface area contributed by atoms with Gasteiger partial charge in [-0.2, -0.15) is 0 Å². The molecule has 3 aromatic heterocycles. The first-order valence-electron chi connectivity index (χ1n) is 16.8. The van der Waals surface area contributed by atoms with Crippen molar-refractivity contribution in [3.63, 3.8) is 0 Å². The third-order valence-corrected chi connectivity index (χ3v) is 12.3. The molecule has 0 radical (unpaired) electrons. The van der Waals surface area contributed by atoms with Crippen molar-refractivity contribution in [2.45, 2.75) is 0 Å². The smallest absolute Gasteiger partial charge is 0.136 e. The molecule has 0 saturated heterocycles. The summed E-state index contributed by atoms with van der Waals surface area (Å²) >= 11 is 3.72. The van der Waals surface area contributed by atoms with Crippen LogP contribution in [0.15, 0.2) is 168 Å². The van der Waals surface area contributed by atoms with Gasteiger partial charge in [0, 0.05) is 68.2 Å². The number of rotatable bonds is 4. The fourth-order valence-corrected chi connectivity index (χ4v) is 9.92. The van der Waals surface area contributed by atoms with Gasteiger partial charge in [0.25, 0.3) is 0 Å². The molecule has 8 aromatic carbocycles. The molecule has 50 heavy (non-hydrogen) atoms. The zero-order valence-corrected chi connectivity index (χ0v) is 28.4. The topological polar surface area (TPSA) is 16.4 Å². The number of para-hydroxylation sites is 1. The highest BCUT2D eigenvalue weighted by Crippen LogP contribution is 2.44. The molecule has 0 aliphatic carbocycles. The van der Waals surface area contributed by atoms with Crippen LogP contribution in [-0.2, 0) is 0 Å². The zero-order valence-electron chi connectivity index (χ0n) is 26.8. The third kappa shape index (κ3) is 4.26. The maximum absolute atomic E-state index is 6.16. The van der Waals surface area contributed by atoms with Gasteiger partial charge in [0.1, 0.15) is 11.2 Å². The second kappa shape index (κ2) is 10.8. The Balaban J connectivity index is 1.04. The Bertz CT molecular complexity index is 3110. The van der Waals surface area contributed by atoms with Gasteiger partial charge in [0.15, 0.2) is 0 Å². The van der Waals surface area contributed by atoms with Crippen LogP contribution in [0.1, 0.15) is 0 Å². The molecule has 234 valence electrons. The van der Waals surface area contributed by atoms with Crippen molar-refractivity contribution in [2.24, 2.45) is 0 Å². The number of nitrogens with zero attached hydrogens (tertiary/aromatic N) is 1. The van der Waals surface area contributed by atoms with E-state index in [1.807, 2.05) is 34.8 Å². The largest absolute Gasteiger partial charge is 0.456 e. The van der Waals surface area contributed by atoms with Gasteiger partial charge in [-0.1, -0.05) is 91.0 Å². The Morgan fingerprint density at radius 1 is 0.360 bits per heavy atom. The van der Waals surface area contributed by atoms with Crippen LogP contribution in [0.3, 0.4) is 0 Å². The number of furan rings is 1. The Hall–Kier alpha value is -5.94. The number of thiophene rings is 2. The zero-order chi connectivity index (χ0) is 32.8. The maximum Gasteiger partial charge on any atom is 0.136 e. The van der Waals surface area contributed by atoms with Crippen LogP contribution in [0.2, 0.25) is 0 Å². The molecule has 0 fully saturated rings. The van der Waals surface area contributed by atoms with E-state index in [-0.39, 0.29) is 0 Å². The lowest BCUT2D eigenvalue weighted by Crippen LogP contribution is -2.09. The maximum atomic E-state index is 6.16. The van der Waals surface area contributed by atoms with E-state index in [1.165, 1.54) is 67.6 Å². The number of hydrogen-bond donors (Lipinski definition) is 0. The Kier molecular flexibility index (Phi) is 6.03. The van der Waals surface area contributed by atoms with Gasteiger partial charge in [-0.25, -0.2) is 0 Å². The molecular weight excluding hydrogens is 647 g/mol. The molecule has 0 bridgehead atoms. The first-order chi connectivity index (χ1) is 24.7. The predicted octanol–water partition coefficient (Wildman–Crippen LogP) is 14.6. The molecule has 3 heterocycles. The molecule has 0 amide bonds. The highest BCUT2D eigenvalue weighted by atomic mass is 32.1. The highest BCUT2D eigenvalue weighted by Gasteiger charge is 2.17. The molecule has 2 nitrogen and oxygen atoms in total. The fraction of sp³-hybridized carbons (Fsp3) is 0. The van der Waals surface area contributed by atoms with Gasteiger partial charge in [0.2, 0.25) is 0 Å². The van der Waals surface area contributed by atoms with Crippen molar-refractivity contribution >= 4 is 113 Å². The standard InChI is InChI=1S/C46H27NOS2/c1-4-10-40-38(9-1)46-34-21-15-29(25-30(34)16-23-41(46)48-40)28-13-17-31(18-14-28)47(32-20-24-44-39(26-32)36-8-3-6-12-43(36)49-44)33-19-22-37-35-7-2-5-11-42(35)50-45(37)27-33/h1-27H. The lowest BCUT2D eigenvalue weighted by Gasteiger charge is -2.26. The van der Waals surface area contributed by atoms with E-state index in [2.05, 4.69) is 157 Å². The molecular formula is C46H27NOS2. The van der Waals surface area contributed by atoms with Gasteiger partial charge in [0.05, 0.1) is 0 Å². The molecule has 0 aliphatic rings. The molecule has 11 rings (SSSR count). The molecule has 0 N–H and O–H groups in total. The number of fused-ring (bicyclic) bond motifs is 11. The van der Waals surface area contributed by atoms with Crippen molar-refractivity contribution < 1.29 is 4.42 Å². The van der Waals surface area contributed by atoms with Crippen molar-refractivity contribution in [1.82, 2.24) is 0 Å². The van der Waals surface area contributed by atoms with Gasteiger partial charge in [-0.3, -0.25) is 0 Å². The highest BCUT2D eigenvalue weighted by molar-refractivity contribution is 7.26.